The van der Waals surface area contributed by atoms with Crippen molar-refractivity contribution >= 4 is 11.6 Å². The van der Waals surface area contributed by atoms with Gasteiger partial charge in [0.15, 0.2) is 0 Å². The zero-order chi connectivity index (χ0) is 15.4. The zero-order valence-corrected chi connectivity index (χ0v) is 13.6. The standard InChI is InChI=1S/C18H28N2O/c1-12(2)19-18(21)15-6-9-16(10-7-15)20-17-8-5-13(3)14(4)11-17/h6-7,9-10,12-14,17,20H,5,8,11H2,1-4H3,(H,19,21). The maximum atomic E-state index is 11.9. The lowest BCUT2D eigenvalue weighted by atomic mass is 9.79. The van der Waals surface area contributed by atoms with Crippen LogP contribution in [0, 0.1) is 11.8 Å². The summed E-state index contributed by atoms with van der Waals surface area (Å²) < 4.78 is 0. The molecule has 1 aliphatic carbocycles. The quantitative estimate of drug-likeness (QED) is 0.877. The van der Waals surface area contributed by atoms with Gasteiger partial charge in [-0.25, -0.2) is 0 Å². The number of anilines is 1. The van der Waals surface area contributed by atoms with Crippen LogP contribution in [0.5, 0.6) is 0 Å². The SMILES string of the molecule is CC(C)NC(=O)c1ccc(NC2CCC(C)C(C)C2)cc1. The molecule has 0 spiro atoms. The molecule has 3 unspecified atom stereocenters. The molecule has 116 valence electrons. The van der Waals surface area contributed by atoms with Crippen LogP contribution in [-0.2, 0) is 0 Å². The molecule has 2 rings (SSSR count). The first kappa shape index (κ1) is 15.9. The smallest absolute Gasteiger partial charge is 0.251 e. The van der Waals surface area contributed by atoms with E-state index in [-0.39, 0.29) is 11.9 Å². The van der Waals surface area contributed by atoms with E-state index in [0.29, 0.717) is 6.04 Å². The summed E-state index contributed by atoms with van der Waals surface area (Å²) in [6.07, 6.45) is 3.77. The van der Waals surface area contributed by atoms with Crippen LogP contribution in [0.25, 0.3) is 0 Å². The predicted octanol–water partition coefficient (Wildman–Crippen LogP) is 4.06. The molecule has 1 aromatic carbocycles. The summed E-state index contributed by atoms with van der Waals surface area (Å²) in [6, 6.07) is 8.55. The molecule has 1 fully saturated rings. The molecular weight excluding hydrogens is 260 g/mol. The van der Waals surface area contributed by atoms with E-state index in [9.17, 15) is 4.79 Å². The van der Waals surface area contributed by atoms with Crippen molar-refractivity contribution in [2.24, 2.45) is 11.8 Å². The summed E-state index contributed by atoms with van der Waals surface area (Å²) in [6.45, 7) is 8.64. The molecule has 0 heterocycles. The third kappa shape index (κ3) is 4.48. The number of nitrogens with one attached hydrogen (secondary N) is 2. The molecule has 0 bridgehead atoms. The first-order chi connectivity index (χ1) is 9.95. The van der Waals surface area contributed by atoms with Crippen LogP contribution < -0.4 is 10.6 Å². The maximum absolute atomic E-state index is 11.9. The largest absolute Gasteiger partial charge is 0.382 e. The molecule has 0 saturated heterocycles. The van der Waals surface area contributed by atoms with Gasteiger partial charge in [0.1, 0.15) is 0 Å². The Balaban J connectivity index is 1.92. The number of carbonyl (C=O) groups is 1. The second-order valence-corrected chi connectivity index (χ2v) is 6.81. The van der Waals surface area contributed by atoms with Gasteiger partial charge in [-0.05, 0) is 69.2 Å². The van der Waals surface area contributed by atoms with Gasteiger partial charge in [0.25, 0.3) is 5.91 Å². The van der Waals surface area contributed by atoms with Crippen molar-refractivity contribution in [3.63, 3.8) is 0 Å². The normalized spacial score (nSPS) is 25.7. The van der Waals surface area contributed by atoms with Gasteiger partial charge in [-0.3, -0.25) is 4.79 Å². The fourth-order valence-corrected chi connectivity index (χ4v) is 2.98. The summed E-state index contributed by atoms with van der Waals surface area (Å²) in [5.74, 6) is 1.62. The Morgan fingerprint density at radius 1 is 1.10 bits per heavy atom. The second-order valence-electron chi connectivity index (χ2n) is 6.81. The Morgan fingerprint density at radius 3 is 2.33 bits per heavy atom. The highest BCUT2D eigenvalue weighted by Crippen LogP contribution is 2.31. The van der Waals surface area contributed by atoms with Crippen molar-refractivity contribution in [3.8, 4) is 0 Å². The van der Waals surface area contributed by atoms with E-state index in [1.807, 2.05) is 38.1 Å². The fraction of sp³-hybridized carbons (Fsp3) is 0.611. The van der Waals surface area contributed by atoms with Crippen molar-refractivity contribution in [2.75, 3.05) is 5.32 Å². The molecular formula is C18H28N2O. The van der Waals surface area contributed by atoms with Crippen LogP contribution in [0.1, 0.15) is 57.3 Å². The van der Waals surface area contributed by atoms with Crippen molar-refractivity contribution < 1.29 is 4.79 Å². The van der Waals surface area contributed by atoms with Crippen molar-refractivity contribution in [1.29, 1.82) is 0 Å². The Bertz CT molecular complexity index is 467. The van der Waals surface area contributed by atoms with Crippen molar-refractivity contribution in [3.05, 3.63) is 29.8 Å². The minimum absolute atomic E-state index is 0.00309. The highest BCUT2D eigenvalue weighted by atomic mass is 16.1. The van der Waals surface area contributed by atoms with Crippen molar-refractivity contribution in [2.45, 2.75) is 59.0 Å². The molecule has 1 aromatic rings. The zero-order valence-electron chi connectivity index (χ0n) is 13.6. The third-order valence-corrected chi connectivity index (χ3v) is 4.54. The third-order valence-electron chi connectivity index (χ3n) is 4.54. The summed E-state index contributed by atoms with van der Waals surface area (Å²) in [5, 5.41) is 6.52. The van der Waals surface area contributed by atoms with E-state index in [1.165, 1.54) is 19.3 Å². The molecule has 0 aliphatic heterocycles. The highest BCUT2D eigenvalue weighted by Gasteiger charge is 2.24. The Labute approximate surface area is 128 Å². The van der Waals surface area contributed by atoms with E-state index in [4.69, 9.17) is 0 Å². The summed E-state index contributed by atoms with van der Waals surface area (Å²) in [7, 11) is 0. The number of rotatable bonds is 4. The molecule has 1 aliphatic rings. The van der Waals surface area contributed by atoms with Gasteiger partial charge in [-0.15, -0.1) is 0 Å². The van der Waals surface area contributed by atoms with Gasteiger partial charge in [-0.2, -0.15) is 0 Å². The summed E-state index contributed by atoms with van der Waals surface area (Å²) >= 11 is 0. The van der Waals surface area contributed by atoms with Crippen LogP contribution in [-0.4, -0.2) is 18.0 Å². The lowest BCUT2D eigenvalue weighted by Crippen LogP contribution is -2.31. The average molecular weight is 288 g/mol. The number of hydrogen-bond acceptors (Lipinski definition) is 2. The minimum Gasteiger partial charge on any atom is -0.382 e. The van der Waals surface area contributed by atoms with E-state index < -0.39 is 0 Å². The highest BCUT2D eigenvalue weighted by molar-refractivity contribution is 5.94. The van der Waals surface area contributed by atoms with Crippen LogP contribution in [0.3, 0.4) is 0 Å². The van der Waals surface area contributed by atoms with Gasteiger partial charge in [0.2, 0.25) is 0 Å². The second kappa shape index (κ2) is 6.97. The molecule has 3 nitrogen and oxygen atoms in total. The van der Waals surface area contributed by atoms with Crippen LogP contribution in [0.4, 0.5) is 5.69 Å². The van der Waals surface area contributed by atoms with Crippen LogP contribution in [0.15, 0.2) is 24.3 Å². The number of amides is 1. The molecule has 1 amide bonds. The van der Waals surface area contributed by atoms with E-state index in [0.717, 1.165) is 23.1 Å². The van der Waals surface area contributed by atoms with E-state index in [1.54, 1.807) is 0 Å². The monoisotopic (exact) mass is 288 g/mol. The van der Waals surface area contributed by atoms with E-state index in [2.05, 4.69) is 24.5 Å². The lowest BCUT2D eigenvalue weighted by Gasteiger charge is -2.33. The molecule has 2 N–H and O–H groups in total. The first-order valence-corrected chi connectivity index (χ1v) is 8.13. The molecule has 3 atom stereocenters. The fourth-order valence-electron chi connectivity index (χ4n) is 2.98. The number of hydrogen-bond donors (Lipinski definition) is 2. The molecule has 1 saturated carbocycles. The lowest BCUT2D eigenvalue weighted by molar-refractivity contribution is 0.0943. The van der Waals surface area contributed by atoms with Gasteiger partial charge >= 0.3 is 0 Å². The van der Waals surface area contributed by atoms with Gasteiger partial charge < -0.3 is 10.6 Å². The average Bonchev–Trinajstić information content (AvgIpc) is 2.43. The summed E-state index contributed by atoms with van der Waals surface area (Å²) in [5.41, 5.74) is 1.84. The van der Waals surface area contributed by atoms with E-state index >= 15 is 0 Å². The number of carbonyl (C=O) groups excluding carboxylic acids is 1. The first-order valence-electron chi connectivity index (χ1n) is 8.13. The molecule has 21 heavy (non-hydrogen) atoms. The Morgan fingerprint density at radius 2 is 1.76 bits per heavy atom. The van der Waals surface area contributed by atoms with Crippen molar-refractivity contribution in [1.82, 2.24) is 5.32 Å². The molecule has 0 aromatic heterocycles. The minimum atomic E-state index is -0.00309. The predicted molar refractivity (Wildman–Crippen MR) is 88.6 cm³/mol. The maximum Gasteiger partial charge on any atom is 0.251 e. The Kier molecular flexibility index (Phi) is 5.27. The molecule has 0 radical (unpaired) electrons. The van der Waals surface area contributed by atoms with Gasteiger partial charge in [-0.1, -0.05) is 13.8 Å². The van der Waals surface area contributed by atoms with Gasteiger partial charge in [0.05, 0.1) is 0 Å². The Hall–Kier alpha value is -1.51. The number of benzene rings is 1. The van der Waals surface area contributed by atoms with Crippen LogP contribution in [0.2, 0.25) is 0 Å². The summed E-state index contributed by atoms with van der Waals surface area (Å²) in [4.78, 5) is 11.9. The van der Waals surface area contributed by atoms with Crippen LogP contribution >= 0.6 is 0 Å². The topological polar surface area (TPSA) is 41.1 Å². The molecule has 3 heteroatoms. The van der Waals surface area contributed by atoms with Gasteiger partial charge in [0, 0.05) is 23.3 Å².